The molecule has 1 N–H and O–H groups in total. The highest BCUT2D eigenvalue weighted by atomic mass is 19.1. The zero-order valence-electron chi connectivity index (χ0n) is 13.9. The molecule has 3 aromatic rings. The molecule has 0 spiro atoms. The number of Topliss-reactive ketones (excluding diaryl/α,β-unsaturated/α-hetero) is 1. The molecule has 0 heterocycles. The van der Waals surface area contributed by atoms with Crippen LogP contribution in [0, 0.1) is 11.6 Å². The molecular formula is C21H14F2O4. The smallest absolute Gasteiger partial charge is 0.345 e. The van der Waals surface area contributed by atoms with Crippen LogP contribution in [0.25, 0.3) is 0 Å². The summed E-state index contributed by atoms with van der Waals surface area (Å²) < 4.78 is 33.1. The van der Waals surface area contributed by atoms with E-state index in [1.807, 2.05) is 0 Å². The Morgan fingerprint density at radius 2 is 1.37 bits per heavy atom. The van der Waals surface area contributed by atoms with Gasteiger partial charge in [0.15, 0.2) is 6.10 Å². The fourth-order valence-electron chi connectivity index (χ4n) is 2.58. The molecule has 1 unspecified atom stereocenters. The zero-order chi connectivity index (χ0) is 19.4. The van der Waals surface area contributed by atoms with Crippen LogP contribution in [0.2, 0.25) is 0 Å². The topological polar surface area (TPSA) is 63.6 Å². The molecule has 3 rings (SSSR count). The van der Waals surface area contributed by atoms with E-state index in [1.54, 1.807) is 60.7 Å². The fourth-order valence-corrected chi connectivity index (χ4v) is 2.58. The third-order valence-corrected chi connectivity index (χ3v) is 3.85. The lowest BCUT2D eigenvalue weighted by Gasteiger charge is -2.18. The predicted octanol–water partition coefficient (Wildman–Crippen LogP) is 4.45. The van der Waals surface area contributed by atoms with Crippen LogP contribution in [-0.4, -0.2) is 16.9 Å². The first-order valence-corrected chi connectivity index (χ1v) is 8.00. The van der Waals surface area contributed by atoms with E-state index in [9.17, 15) is 23.5 Å². The van der Waals surface area contributed by atoms with Crippen molar-refractivity contribution in [1.82, 2.24) is 0 Å². The normalized spacial score (nSPS) is 11.6. The number of halogens is 2. The molecule has 0 amide bonds. The van der Waals surface area contributed by atoms with Gasteiger partial charge in [0.05, 0.1) is 0 Å². The van der Waals surface area contributed by atoms with Crippen molar-refractivity contribution < 1.29 is 28.2 Å². The average molecular weight is 368 g/mol. The lowest BCUT2D eigenvalue weighted by Crippen LogP contribution is -2.21. The summed E-state index contributed by atoms with van der Waals surface area (Å²) in [6.07, 6.45) is -1.38. The van der Waals surface area contributed by atoms with Gasteiger partial charge in [0.2, 0.25) is 5.78 Å². The van der Waals surface area contributed by atoms with E-state index in [0.29, 0.717) is 17.7 Å². The second-order valence-corrected chi connectivity index (χ2v) is 5.71. The van der Waals surface area contributed by atoms with Crippen molar-refractivity contribution >= 4 is 11.8 Å². The van der Waals surface area contributed by atoms with Gasteiger partial charge in [-0.05, 0) is 0 Å². The Balaban J connectivity index is 1.97. The van der Waals surface area contributed by atoms with Crippen molar-refractivity contribution in [3.8, 4) is 5.75 Å². The molecule has 1 atom stereocenters. The number of hydrogen-bond donors (Lipinski definition) is 1. The molecular weight excluding hydrogens is 354 g/mol. The maximum Gasteiger partial charge on any atom is 0.345 e. The number of ketones is 1. The lowest BCUT2D eigenvalue weighted by atomic mass is 9.99. The number of aromatic hydroxyl groups is 1. The lowest BCUT2D eigenvalue weighted by molar-refractivity contribution is 0.0270. The number of hydrogen-bond acceptors (Lipinski definition) is 4. The van der Waals surface area contributed by atoms with Crippen molar-refractivity contribution in [2.75, 3.05) is 0 Å². The van der Waals surface area contributed by atoms with Crippen molar-refractivity contribution in [2.45, 2.75) is 6.10 Å². The Morgan fingerprint density at radius 1 is 0.852 bits per heavy atom. The number of carbonyl (C=O) groups excluding carboxylic acids is 2. The van der Waals surface area contributed by atoms with Gasteiger partial charge in [-0.2, -0.15) is 0 Å². The first-order valence-electron chi connectivity index (χ1n) is 8.00. The Labute approximate surface area is 153 Å². The van der Waals surface area contributed by atoms with E-state index in [-0.39, 0.29) is 5.56 Å². The van der Waals surface area contributed by atoms with E-state index < -0.39 is 40.8 Å². The van der Waals surface area contributed by atoms with Crippen LogP contribution in [-0.2, 0) is 4.74 Å². The summed E-state index contributed by atoms with van der Waals surface area (Å²) in [6.45, 7) is 0. The molecule has 27 heavy (non-hydrogen) atoms. The summed E-state index contributed by atoms with van der Waals surface area (Å²) in [5, 5.41) is 9.21. The SMILES string of the molecule is O=C(OC(C(=O)c1ccccc1)c1ccccc1)c1c(F)cc(O)cc1F. The fraction of sp³-hybridized carbons (Fsp3) is 0.0476. The summed E-state index contributed by atoms with van der Waals surface area (Å²) in [5.41, 5.74) is -0.334. The Bertz CT molecular complexity index is 949. The number of phenolic OH excluding ortho intramolecular Hbond substituents is 1. The second-order valence-electron chi connectivity index (χ2n) is 5.71. The largest absolute Gasteiger partial charge is 0.508 e. The minimum absolute atomic E-state index is 0.283. The van der Waals surface area contributed by atoms with Gasteiger partial charge in [0, 0.05) is 23.3 Å². The summed E-state index contributed by atoms with van der Waals surface area (Å²) in [4.78, 5) is 25.2. The highest BCUT2D eigenvalue weighted by Crippen LogP contribution is 2.26. The van der Waals surface area contributed by atoms with Gasteiger partial charge >= 0.3 is 5.97 Å². The first-order chi connectivity index (χ1) is 13.0. The molecule has 4 nitrogen and oxygen atoms in total. The van der Waals surface area contributed by atoms with Gasteiger partial charge < -0.3 is 9.84 Å². The number of esters is 1. The third-order valence-electron chi connectivity index (χ3n) is 3.85. The molecule has 0 aliphatic carbocycles. The highest BCUT2D eigenvalue weighted by molar-refractivity contribution is 6.02. The predicted molar refractivity (Wildman–Crippen MR) is 93.4 cm³/mol. The molecule has 0 bridgehead atoms. The van der Waals surface area contributed by atoms with Crippen LogP contribution in [0.4, 0.5) is 8.78 Å². The van der Waals surface area contributed by atoms with Gasteiger partial charge in [0.25, 0.3) is 0 Å². The minimum Gasteiger partial charge on any atom is -0.508 e. The number of ether oxygens (including phenoxy) is 1. The Hall–Kier alpha value is -3.54. The van der Waals surface area contributed by atoms with Gasteiger partial charge in [-0.15, -0.1) is 0 Å². The molecule has 0 saturated carbocycles. The highest BCUT2D eigenvalue weighted by Gasteiger charge is 2.29. The molecule has 136 valence electrons. The van der Waals surface area contributed by atoms with Gasteiger partial charge in [0.1, 0.15) is 22.9 Å². The van der Waals surface area contributed by atoms with Crippen LogP contribution < -0.4 is 0 Å². The molecule has 6 heteroatoms. The van der Waals surface area contributed by atoms with E-state index in [4.69, 9.17) is 4.74 Å². The third kappa shape index (κ3) is 4.00. The van der Waals surface area contributed by atoms with Crippen LogP contribution in [0.5, 0.6) is 5.75 Å². The number of carbonyl (C=O) groups is 2. The average Bonchev–Trinajstić information content (AvgIpc) is 2.66. The number of benzene rings is 3. The zero-order valence-corrected chi connectivity index (χ0v) is 13.9. The molecule has 0 fully saturated rings. The van der Waals surface area contributed by atoms with Crippen molar-refractivity contribution in [3.05, 3.63) is 101 Å². The summed E-state index contributed by atoms with van der Waals surface area (Å²) in [5.74, 6) is -5.10. The van der Waals surface area contributed by atoms with E-state index in [2.05, 4.69) is 0 Å². The van der Waals surface area contributed by atoms with Crippen LogP contribution >= 0.6 is 0 Å². The van der Waals surface area contributed by atoms with Crippen molar-refractivity contribution in [2.24, 2.45) is 0 Å². The molecule has 0 radical (unpaired) electrons. The molecule has 0 saturated heterocycles. The van der Waals surface area contributed by atoms with E-state index in [1.165, 1.54) is 0 Å². The van der Waals surface area contributed by atoms with Crippen LogP contribution in [0.1, 0.15) is 32.4 Å². The monoisotopic (exact) mass is 368 g/mol. The van der Waals surface area contributed by atoms with E-state index >= 15 is 0 Å². The van der Waals surface area contributed by atoms with E-state index in [0.717, 1.165) is 0 Å². The molecule has 0 aromatic heterocycles. The summed E-state index contributed by atoms with van der Waals surface area (Å²) >= 11 is 0. The Kier molecular flexibility index (Phi) is 5.26. The van der Waals surface area contributed by atoms with Gasteiger partial charge in [-0.25, -0.2) is 13.6 Å². The molecule has 3 aromatic carbocycles. The first kappa shape index (κ1) is 18.3. The van der Waals surface area contributed by atoms with Crippen LogP contribution in [0.3, 0.4) is 0 Å². The van der Waals surface area contributed by atoms with Crippen molar-refractivity contribution in [1.29, 1.82) is 0 Å². The van der Waals surface area contributed by atoms with Gasteiger partial charge in [-0.3, -0.25) is 4.79 Å². The maximum atomic E-state index is 14.0. The Morgan fingerprint density at radius 3 is 1.93 bits per heavy atom. The summed E-state index contributed by atoms with van der Waals surface area (Å²) in [7, 11) is 0. The molecule has 0 aliphatic rings. The maximum absolute atomic E-state index is 14.0. The number of phenols is 1. The minimum atomic E-state index is -1.38. The standard InChI is InChI=1S/C21H14F2O4/c22-16-11-15(24)12-17(23)18(16)21(26)27-20(14-9-5-2-6-10-14)19(25)13-7-3-1-4-8-13/h1-12,20,24H. The summed E-state index contributed by atoms with van der Waals surface area (Å²) in [6, 6.07) is 17.5. The van der Waals surface area contributed by atoms with Crippen molar-refractivity contribution in [3.63, 3.8) is 0 Å². The second kappa shape index (κ2) is 7.78. The molecule has 0 aliphatic heterocycles. The number of rotatable bonds is 5. The van der Waals surface area contributed by atoms with Gasteiger partial charge in [-0.1, -0.05) is 60.7 Å². The quantitative estimate of drug-likeness (QED) is 0.534. The van der Waals surface area contributed by atoms with Crippen LogP contribution in [0.15, 0.2) is 72.8 Å².